The zero-order chi connectivity index (χ0) is 12.6. The molecule has 8 nitrogen and oxygen atoms in total. The zero-order valence-electron chi connectivity index (χ0n) is 8.52. The maximum Gasteiger partial charge on any atom is 0.375 e. The lowest BCUT2D eigenvalue weighted by atomic mass is 10.3. The topological polar surface area (TPSA) is 105 Å². The van der Waals surface area contributed by atoms with Gasteiger partial charge in [0.1, 0.15) is 0 Å². The van der Waals surface area contributed by atoms with Crippen LogP contribution in [-0.4, -0.2) is 26.1 Å². The van der Waals surface area contributed by atoms with E-state index in [9.17, 15) is 18.5 Å². The van der Waals surface area contributed by atoms with Crippen molar-refractivity contribution in [1.82, 2.24) is 0 Å². The van der Waals surface area contributed by atoms with E-state index in [0.717, 1.165) is 12.3 Å². The van der Waals surface area contributed by atoms with Crippen molar-refractivity contribution in [3.8, 4) is 11.5 Å². The Bertz CT molecular complexity index is 567. The average molecular weight is 261 g/mol. The first-order valence-corrected chi connectivity index (χ1v) is 6.17. The molecule has 17 heavy (non-hydrogen) atoms. The Balaban J connectivity index is 2.19. The van der Waals surface area contributed by atoms with Crippen LogP contribution in [0, 0.1) is 10.1 Å². The van der Waals surface area contributed by atoms with E-state index in [0.29, 0.717) is 0 Å². The van der Waals surface area contributed by atoms with E-state index < -0.39 is 21.5 Å². The molecule has 0 bridgehead atoms. The molecule has 1 unspecified atom stereocenters. The third-order valence-electron chi connectivity index (χ3n) is 1.84. The minimum Gasteiger partial charge on any atom is -0.427 e. The van der Waals surface area contributed by atoms with Gasteiger partial charge >= 0.3 is 6.48 Å². The molecule has 0 saturated carbocycles. The number of nitro groups is 1. The largest absolute Gasteiger partial charge is 0.427 e. The summed E-state index contributed by atoms with van der Waals surface area (Å²) < 4.78 is 36.0. The Morgan fingerprint density at radius 3 is 2.59 bits per heavy atom. The molecule has 0 spiro atoms. The van der Waals surface area contributed by atoms with Crippen LogP contribution in [0.15, 0.2) is 18.2 Å². The van der Waals surface area contributed by atoms with Crippen molar-refractivity contribution in [3.05, 3.63) is 28.3 Å². The molecule has 1 heterocycles. The van der Waals surface area contributed by atoms with E-state index in [-0.39, 0.29) is 17.2 Å². The fraction of sp³-hybridized carbons (Fsp3) is 0.250. The number of ether oxygens (including phenoxy) is 2. The Labute approximate surface area is 96.0 Å². The first-order chi connectivity index (χ1) is 7.85. The van der Waals surface area contributed by atoms with Crippen LogP contribution in [-0.2, 0) is 14.3 Å². The van der Waals surface area contributed by atoms with Gasteiger partial charge in [-0.2, -0.15) is 12.6 Å². The van der Waals surface area contributed by atoms with Crippen LogP contribution in [0.2, 0.25) is 0 Å². The molecule has 0 radical (unpaired) electrons. The molecule has 92 valence electrons. The summed E-state index contributed by atoms with van der Waals surface area (Å²) >= 11 is 0. The van der Waals surface area contributed by atoms with E-state index in [2.05, 4.69) is 4.18 Å². The molecule has 0 saturated heterocycles. The van der Waals surface area contributed by atoms with Gasteiger partial charge in [0.2, 0.25) is 0 Å². The summed E-state index contributed by atoms with van der Waals surface area (Å²) in [6, 6.07) is 3.64. The highest BCUT2D eigenvalue weighted by Gasteiger charge is 2.29. The van der Waals surface area contributed by atoms with Crippen molar-refractivity contribution in [2.45, 2.75) is 6.48 Å². The molecule has 1 atom stereocenters. The lowest BCUT2D eigenvalue weighted by Gasteiger charge is -2.07. The van der Waals surface area contributed by atoms with Crippen LogP contribution in [0.1, 0.15) is 0 Å². The molecule has 0 fully saturated rings. The highest BCUT2D eigenvalue weighted by Crippen LogP contribution is 2.37. The van der Waals surface area contributed by atoms with Gasteiger partial charge in [0.25, 0.3) is 15.8 Å². The molecule has 1 aromatic carbocycles. The lowest BCUT2D eigenvalue weighted by molar-refractivity contribution is -0.384. The van der Waals surface area contributed by atoms with Gasteiger partial charge in [0.05, 0.1) is 17.2 Å². The fourth-order valence-corrected chi connectivity index (χ4v) is 1.58. The molecule has 1 aliphatic heterocycles. The molecule has 2 rings (SSSR count). The standard InChI is InChI=1S/C8H7NO7S/c1-17(12,13)16-8-14-6-3-2-5(9(10)11)4-7(6)15-8/h2-4,8H,1H3. The number of nitrogens with zero attached hydrogens (tertiary/aromatic N) is 1. The van der Waals surface area contributed by atoms with Crippen molar-refractivity contribution in [1.29, 1.82) is 0 Å². The molecular formula is C8H7NO7S. The minimum absolute atomic E-state index is 0.0628. The zero-order valence-corrected chi connectivity index (χ0v) is 9.34. The van der Waals surface area contributed by atoms with Crippen LogP contribution in [0.5, 0.6) is 11.5 Å². The second-order valence-corrected chi connectivity index (χ2v) is 4.81. The third kappa shape index (κ3) is 2.63. The van der Waals surface area contributed by atoms with Gasteiger partial charge in [-0.15, -0.1) is 0 Å². The summed E-state index contributed by atoms with van der Waals surface area (Å²) in [6.45, 7) is -1.44. The third-order valence-corrected chi connectivity index (χ3v) is 2.34. The van der Waals surface area contributed by atoms with Gasteiger partial charge in [-0.1, -0.05) is 0 Å². The molecule has 1 aromatic rings. The number of benzene rings is 1. The number of hydrogen-bond donors (Lipinski definition) is 0. The van der Waals surface area contributed by atoms with Crippen molar-refractivity contribution < 1.29 is 27.0 Å². The number of hydrogen-bond acceptors (Lipinski definition) is 7. The summed E-state index contributed by atoms with van der Waals surface area (Å²) in [5, 5.41) is 10.5. The van der Waals surface area contributed by atoms with Crippen molar-refractivity contribution >= 4 is 15.8 Å². The Morgan fingerprint density at radius 2 is 2.00 bits per heavy atom. The first-order valence-electron chi connectivity index (χ1n) is 4.35. The normalized spacial score (nSPS) is 18.1. The lowest BCUT2D eigenvalue weighted by Crippen LogP contribution is -2.25. The molecule has 0 N–H and O–H groups in total. The van der Waals surface area contributed by atoms with Gasteiger partial charge in [0.15, 0.2) is 11.5 Å². The summed E-state index contributed by atoms with van der Waals surface area (Å²) in [5.41, 5.74) is -0.188. The molecule has 0 aliphatic carbocycles. The molecule has 9 heteroatoms. The highest BCUT2D eigenvalue weighted by atomic mass is 32.2. The average Bonchev–Trinajstić information content (AvgIpc) is 2.54. The van der Waals surface area contributed by atoms with Gasteiger partial charge in [-0.3, -0.25) is 10.1 Å². The SMILES string of the molecule is CS(=O)(=O)OC1Oc2ccc([N+](=O)[O-])cc2O1. The van der Waals surface area contributed by atoms with Gasteiger partial charge in [0, 0.05) is 6.07 Å². The van der Waals surface area contributed by atoms with E-state index in [4.69, 9.17) is 9.47 Å². The van der Waals surface area contributed by atoms with Crippen molar-refractivity contribution in [2.24, 2.45) is 0 Å². The van der Waals surface area contributed by atoms with E-state index >= 15 is 0 Å². The van der Waals surface area contributed by atoms with Crippen molar-refractivity contribution in [3.63, 3.8) is 0 Å². The van der Waals surface area contributed by atoms with E-state index in [1.807, 2.05) is 0 Å². The maximum absolute atomic E-state index is 10.8. The minimum atomic E-state index is -3.74. The molecule has 0 amide bonds. The predicted octanol–water partition coefficient (Wildman–Crippen LogP) is 0.626. The molecular weight excluding hydrogens is 254 g/mol. The highest BCUT2D eigenvalue weighted by molar-refractivity contribution is 7.86. The number of fused-ring (bicyclic) bond motifs is 1. The second-order valence-electron chi connectivity index (χ2n) is 3.21. The summed E-state index contributed by atoms with van der Waals surface area (Å²) in [5.74, 6) is 0.247. The number of nitro benzene ring substituents is 1. The summed E-state index contributed by atoms with van der Waals surface area (Å²) in [7, 11) is -3.74. The van der Waals surface area contributed by atoms with Gasteiger partial charge in [-0.25, -0.2) is 0 Å². The quantitative estimate of drug-likeness (QED) is 0.446. The Kier molecular flexibility index (Phi) is 2.63. The number of non-ortho nitro benzene ring substituents is 1. The maximum atomic E-state index is 10.8. The monoisotopic (exact) mass is 261 g/mol. The predicted molar refractivity (Wildman–Crippen MR) is 54.1 cm³/mol. The number of rotatable bonds is 3. The molecule has 1 aliphatic rings. The Morgan fingerprint density at radius 1 is 1.35 bits per heavy atom. The van der Waals surface area contributed by atoms with Crippen LogP contribution >= 0.6 is 0 Å². The molecule has 0 aromatic heterocycles. The summed E-state index contributed by atoms with van der Waals surface area (Å²) in [4.78, 5) is 9.89. The second kappa shape index (κ2) is 3.86. The van der Waals surface area contributed by atoms with E-state index in [1.54, 1.807) is 0 Å². The summed E-state index contributed by atoms with van der Waals surface area (Å²) in [6.07, 6.45) is 0.838. The van der Waals surface area contributed by atoms with Gasteiger partial charge in [-0.05, 0) is 6.07 Å². The Hall–Kier alpha value is -1.87. The smallest absolute Gasteiger partial charge is 0.375 e. The van der Waals surface area contributed by atoms with E-state index in [1.165, 1.54) is 12.1 Å². The van der Waals surface area contributed by atoms with Crippen LogP contribution in [0.4, 0.5) is 5.69 Å². The van der Waals surface area contributed by atoms with Crippen molar-refractivity contribution in [2.75, 3.05) is 6.26 Å². The van der Waals surface area contributed by atoms with Crippen LogP contribution in [0.3, 0.4) is 0 Å². The van der Waals surface area contributed by atoms with Crippen LogP contribution < -0.4 is 9.47 Å². The first kappa shape index (κ1) is 11.6. The fourth-order valence-electron chi connectivity index (χ4n) is 1.21. The van der Waals surface area contributed by atoms with Crippen LogP contribution in [0.25, 0.3) is 0 Å². The van der Waals surface area contributed by atoms with Gasteiger partial charge < -0.3 is 9.47 Å².